The molecular formula is C66H120O6. The average Bonchev–Trinajstić information content (AvgIpc) is 3.38. The van der Waals surface area contributed by atoms with Crippen LogP contribution in [0.25, 0.3) is 0 Å². The zero-order valence-corrected chi connectivity index (χ0v) is 48.2. The number of hydrogen-bond donors (Lipinski definition) is 0. The van der Waals surface area contributed by atoms with Crippen LogP contribution in [0.4, 0.5) is 0 Å². The quantitative estimate of drug-likeness (QED) is 0.0261. The molecule has 0 saturated carbocycles. The minimum absolute atomic E-state index is 0.0793. The third kappa shape index (κ3) is 58.3. The van der Waals surface area contributed by atoms with Crippen molar-refractivity contribution in [2.75, 3.05) is 13.2 Å². The number of unbranched alkanes of at least 4 members (excludes halogenated alkanes) is 39. The van der Waals surface area contributed by atoms with E-state index >= 15 is 0 Å². The smallest absolute Gasteiger partial charge is 0.306 e. The third-order valence-corrected chi connectivity index (χ3v) is 14.0. The monoisotopic (exact) mass is 1010 g/mol. The molecule has 0 aromatic carbocycles. The summed E-state index contributed by atoms with van der Waals surface area (Å²) in [6.07, 6.45) is 75.4. The molecule has 0 aliphatic heterocycles. The van der Waals surface area contributed by atoms with Crippen LogP contribution in [0.5, 0.6) is 0 Å². The number of hydrogen-bond acceptors (Lipinski definition) is 6. The number of allylic oxidation sites excluding steroid dienone is 8. The van der Waals surface area contributed by atoms with Crippen molar-refractivity contribution < 1.29 is 28.6 Å². The Hall–Kier alpha value is -2.63. The summed E-state index contributed by atoms with van der Waals surface area (Å²) in [6.45, 7) is 6.64. The van der Waals surface area contributed by atoms with Crippen LogP contribution < -0.4 is 0 Å². The summed E-state index contributed by atoms with van der Waals surface area (Å²) in [7, 11) is 0. The van der Waals surface area contributed by atoms with E-state index in [2.05, 4.69) is 69.4 Å². The Kier molecular flexibility index (Phi) is 58.7. The first-order valence-corrected chi connectivity index (χ1v) is 31.6. The van der Waals surface area contributed by atoms with Crippen molar-refractivity contribution in [3.63, 3.8) is 0 Å². The van der Waals surface area contributed by atoms with E-state index in [0.717, 1.165) is 89.9 Å². The largest absolute Gasteiger partial charge is 0.462 e. The summed E-state index contributed by atoms with van der Waals surface area (Å²) in [5.41, 5.74) is 0. The van der Waals surface area contributed by atoms with E-state index in [1.54, 1.807) is 0 Å². The van der Waals surface area contributed by atoms with E-state index in [9.17, 15) is 14.4 Å². The lowest BCUT2D eigenvalue weighted by Gasteiger charge is -2.18. The lowest BCUT2D eigenvalue weighted by atomic mass is 10.0. The predicted octanol–water partition coefficient (Wildman–Crippen LogP) is 21.4. The molecule has 1 atom stereocenters. The fourth-order valence-corrected chi connectivity index (χ4v) is 9.23. The Morgan fingerprint density at radius 1 is 0.278 bits per heavy atom. The fraction of sp³-hybridized carbons (Fsp3) is 0.833. The first-order chi connectivity index (χ1) is 35.5. The zero-order valence-electron chi connectivity index (χ0n) is 48.2. The average molecular weight is 1010 g/mol. The van der Waals surface area contributed by atoms with Gasteiger partial charge in [0, 0.05) is 19.3 Å². The molecule has 72 heavy (non-hydrogen) atoms. The first kappa shape index (κ1) is 69.4. The van der Waals surface area contributed by atoms with Crippen molar-refractivity contribution in [3.05, 3.63) is 48.6 Å². The topological polar surface area (TPSA) is 78.9 Å². The molecule has 0 amide bonds. The van der Waals surface area contributed by atoms with Gasteiger partial charge in [-0.05, 0) is 103 Å². The van der Waals surface area contributed by atoms with Crippen LogP contribution in [-0.4, -0.2) is 37.2 Å². The van der Waals surface area contributed by atoms with Crippen LogP contribution in [-0.2, 0) is 28.6 Å². The van der Waals surface area contributed by atoms with Gasteiger partial charge in [-0.25, -0.2) is 0 Å². The van der Waals surface area contributed by atoms with E-state index < -0.39 is 6.10 Å². The van der Waals surface area contributed by atoms with Gasteiger partial charge in [-0.2, -0.15) is 0 Å². The van der Waals surface area contributed by atoms with Gasteiger partial charge in [0.25, 0.3) is 0 Å². The van der Waals surface area contributed by atoms with Gasteiger partial charge < -0.3 is 14.2 Å². The molecule has 6 heteroatoms. The van der Waals surface area contributed by atoms with Crippen LogP contribution in [0, 0.1) is 0 Å². The van der Waals surface area contributed by atoms with Crippen molar-refractivity contribution in [1.29, 1.82) is 0 Å². The van der Waals surface area contributed by atoms with Gasteiger partial charge in [0.15, 0.2) is 6.10 Å². The maximum Gasteiger partial charge on any atom is 0.306 e. The van der Waals surface area contributed by atoms with Crippen LogP contribution in [0.1, 0.15) is 335 Å². The molecule has 0 aromatic heterocycles. The van der Waals surface area contributed by atoms with Gasteiger partial charge in [0.05, 0.1) is 0 Å². The third-order valence-electron chi connectivity index (χ3n) is 14.0. The van der Waals surface area contributed by atoms with E-state index in [0.29, 0.717) is 19.3 Å². The van der Waals surface area contributed by atoms with Crippen LogP contribution >= 0.6 is 0 Å². The van der Waals surface area contributed by atoms with Crippen LogP contribution in [0.3, 0.4) is 0 Å². The van der Waals surface area contributed by atoms with Crippen molar-refractivity contribution in [3.8, 4) is 0 Å². The Morgan fingerprint density at radius 3 is 0.806 bits per heavy atom. The Balaban J connectivity index is 4.32. The van der Waals surface area contributed by atoms with E-state index in [1.807, 2.05) is 0 Å². The second kappa shape index (κ2) is 60.9. The van der Waals surface area contributed by atoms with Gasteiger partial charge in [0.2, 0.25) is 0 Å². The molecular weight excluding hydrogens is 889 g/mol. The summed E-state index contributed by atoms with van der Waals surface area (Å²) >= 11 is 0. The Labute approximate surface area is 448 Å². The zero-order chi connectivity index (χ0) is 52.2. The molecule has 0 saturated heterocycles. The number of esters is 3. The summed E-state index contributed by atoms with van der Waals surface area (Å²) < 4.78 is 16.9. The van der Waals surface area contributed by atoms with Gasteiger partial charge in [-0.3, -0.25) is 14.4 Å². The molecule has 0 aromatic rings. The molecule has 0 bridgehead atoms. The standard InChI is InChI=1S/C66H120O6/c1-4-7-10-13-16-19-22-25-28-30-31-32-33-34-35-36-39-41-44-47-50-53-56-59-65(68)71-62-63(61-70-64(67)58-55-52-49-46-43-40-37-27-24-21-18-15-12-9-6-3)72-66(69)60-57-54-51-48-45-42-38-29-26-23-20-17-14-11-8-5-2/h18,21,27,29-31,37-38,63H,4-17,19-20,22-26,28,32-36,39-62H2,1-3H3/b21-18-,31-30-,37-27-,38-29-. The van der Waals surface area contributed by atoms with Crippen molar-refractivity contribution in [2.45, 2.75) is 341 Å². The first-order valence-electron chi connectivity index (χ1n) is 31.6. The number of carbonyl (C=O) groups is 3. The Bertz CT molecular complexity index is 1250. The molecule has 0 N–H and O–H groups in total. The van der Waals surface area contributed by atoms with Crippen molar-refractivity contribution >= 4 is 17.9 Å². The molecule has 420 valence electrons. The van der Waals surface area contributed by atoms with Crippen molar-refractivity contribution in [2.24, 2.45) is 0 Å². The van der Waals surface area contributed by atoms with Gasteiger partial charge in [-0.15, -0.1) is 0 Å². The fourth-order valence-electron chi connectivity index (χ4n) is 9.23. The lowest BCUT2D eigenvalue weighted by molar-refractivity contribution is -0.167. The van der Waals surface area contributed by atoms with Crippen LogP contribution in [0.15, 0.2) is 48.6 Å². The van der Waals surface area contributed by atoms with Crippen molar-refractivity contribution in [1.82, 2.24) is 0 Å². The molecule has 0 aliphatic rings. The molecule has 0 spiro atoms. The molecule has 0 rings (SSSR count). The highest BCUT2D eigenvalue weighted by molar-refractivity contribution is 5.71. The second-order valence-electron chi connectivity index (χ2n) is 21.3. The second-order valence-corrected chi connectivity index (χ2v) is 21.3. The van der Waals surface area contributed by atoms with Gasteiger partial charge >= 0.3 is 17.9 Å². The lowest BCUT2D eigenvalue weighted by Crippen LogP contribution is -2.30. The minimum Gasteiger partial charge on any atom is -0.462 e. The summed E-state index contributed by atoms with van der Waals surface area (Å²) in [5.74, 6) is -0.885. The maximum atomic E-state index is 12.9. The van der Waals surface area contributed by atoms with E-state index in [4.69, 9.17) is 14.2 Å². The summed E-state index contributed by atoms with van der Waals surface area (Å²) in [6, 6.07) is 0. The highest BCUT2D eigenvalue weighted by Gasteiger charge is 2.19. The van der Waals surface area contributed by atoms with E-state index in [1.165, 1.54) is 205 Å². The SMILES string of the molecule is CCCCC/C=C\C/C=C\CCCCCCCC(=O)OCC(COC(=O)CCCCCCCCCCCCC/C=C\CCCCCCCCCC)OC(=O)CCCCCCC/C=C\CCCCCCCCC. The predicted molar refractivity (Wildman–Crippen MR) is 312 cm³/mol. The highest BCUT2D eigenvalue weighted by Crippen LogP contribution is 2.16. The van der Waals surface area contributed by atoms with Crippen LogP contribution in [0.2, 0.25) is 0 Å². The van der Waals surface area contributed by atoms with E-state index in [-0.39, 0.29) is 31.1 Å². The minimum atomic E-state index is -0.783. The number of carbonyl (C=O) groups excluding carboxylic acids is 3. The van der Waals surface area contributed by atoms with Gasteiger partial charge in [-0.1, -0.05) is 262 Å². The summed E-state index contributed by atoms with van der Waals surface area (Å²) in [5, 5.41) is 0. The number of ether oxygens (including phenoxy) is 3. The summed E-state index contributed by atoms with van der Waals surface area (Å²) in [4.78, 5) is 38.3. The molecule has 1 unspecified atom stereocenters. The molecule has 0 fully saturated rings. The molecule has 0 radical (unpaired) electrons. The normalized spacial score (nSPS) is 12.3. The number of rotatable bonds is 58. The Morgan fingerprint density at radius 2 is 0.500 bits per heavy atom. The maximum absolute atomic E-state index is 12.9. The van der Waals surface area contributed by atoms with Gasteiger partial charge in [0.1, 0.15) is 13.2 Å². The highest BCUT2D eigenvalue weighted by atomic mass is 16.6. The molecule has 0 aliphatic carbocycles. The molecule has 0 heterocycles. The molecule has 6 nitrogen and oxygen atoms in total.